The molecular weight excluding hydrogens is 340 g/mol. The molecule has 144 valence electrons. The first-order valence-electron chi connectivity index (χ1n) is 9.48. The van der Waals surface area contributed by atoms with E-state index in [1.165, 1.54) is 10.9 Å². The van der Waals surface area contributed by atoms with E-state index in [0.717, 1.165) is 31.3 Å². The molecule has 2 aromatic heterocycles. The maximum Gasteiger partial charge on any atom is 0.228 e. The Hall–Kier alpha value is -2.83. The van der Waals surface area contributed by atoms with Crippen LogP contribution in [0.2, 0.25) is 0 Å². The molecule has 3 aromatic rings. The zero-order chi connectivity index (χ0) is 19.1. The van der Waals surface area contributed by atoms with Crippen LogP contribution in [-0.2, 0) is 13.0 Å². The summed E-state index contributed by atoms with van der Waals surface area (Å²) in [6.45, 7) is 6.62. The molecule has 0 saturated heterocycles. The average Bonchev–Trinajstić information content (AvgIpc) is 3.31. The van der Waals surface area contributed by atoms with Crippen LogP contribution < -0.4 is 10.6 Å². The summed E-state index contributed by atoms with van der Waals surface area (Å²) >= 11 is 0. The molecule has 2 heterocycles. The second-order valence-corrected chi connectivity index (χ2v) is 6.80. The number of para-hydroxylation sites is 1. The Bertz CT molecular complexity index is 879. The van der Waals surface area contributed by atoms with E-state index in [-0.39, 0.29) is 5.92 Å². The zero-order valence-electron chi connectivity index (χ0n) is 16.3. The molecule has 0 unspecified atom stereocenters. The lowest BCUT2D eigenvalue weighted by Crippen LogP contribution is -2.39. The highest BCUT2D eigenvalue weighted by atomic mass is 16.5. The third-order valence-corrected chi connectivity index (χ3v) is 4.40. The van der Waals surface area contributed by atoms with Gasteiger partial charge in [0.2, 0.25) is 5.89 Å². The number of nitrogens with zero attached hydrogens (tertiary/aromatic N) is 4. The van der Waals surface area contributed by atoms with Gasteiger partial charge in [-0.15, -0.1) is 0 Å². The van der Waals surface area contributed by atoms with E-state index >= 15 is 0 Å². The van der Waals surface area contributed by atoms with Crippen LogP contribution in [0.3, 0.4) is 0 Å². The Morgan fingerprint density at radius 2 is 2.00 bits per heavy atom. The third-order valence-electron chi connectivity index (χ3n) is 4.40. The molecule has 0 amide bonds. The highest BCUT2D eigenvalue weighted by Gasteiger charge is 2.09. The third kappa shape index (κ3) is 5.09. The van der Waals surface area contributed by atoms with Crippen molar-refractivity contribution in [2.75, 3.05) is 20.1 Å². The molecule has 3 rings (SSSR count). The molecule has 0 aliphatic carbocycles. The summed E-state index contributed by atoms with van der Waals surface area (Å²) in [5.74, 6) is 2.48. The van der Waals surface area contributed by atoms with E-state index in [0.29, 0.717) is 18.9 Å². The maximum absolute atomic E-state index is 5.25. The smallest absolute Gasteiger partial charge is 0.228 e. The Labute approximate surface area is 159 Å². The molecule has 1 aromatic carbocycles. The van der Waals surface area contributed by atoms with Gasteiger partial charge in [-0.1, -0.05) is 37.2 Å². The molecule has 0 spiro atoms. The van der Waals surface area contributed by atoms with Crippen molar-refractivity contribution in [1.82, 2.24) is 25.3 Å². The van der Waals surface area contributed by atoms with E-state index < -0.39 is 0 Å². The van der Waals surface area contributed by atoms with Crippen molar-refractivity contribution in [1.29, 1.82) is 0 Å². The number of aryl methyl sites for hydroxylation is 1. The fraction of sp³-hybridized carbons (Fsp3) is 0.450. The molecule has 0 atom stereocenters. The lowest BCUT2D eigenvalue weighted by molar-refractivity contribution is 0.371. The summed E-state index contributed by atoms with van der Waals surface area (Å²) in [4.78, 5) is 8.64. The van der Waals surface area contributed by atoms with Crippen molar-refractivity contribution in [2.45, 2.75) is 39.2 Å². The molecular formula is C20H28N6O. The minimum absolute atomic E-state index is 0.280. The Balaban J connectivity index is 1.37. The Morgan fingerprint density at radius 1 is 1.19 bits per heavy atom. The largest absolute Gasteiger partial charge is 0.356 e. The fourth-order valence-electron chi connectivity index (χ4n) is 2.90. The van der Waals surface area contributed by atoms with Gasteiger partial charge < -0.3 is 19.7 Å². The molecule has 7 nitrogen and oxygen atoms in total. The lowest BCUT2D eigenvalue weighted by atomic mass is 10.2. The standard InChI is InChI=1S/C20H28N6O/c1-15(2)19-24-18(27-25-19)9-12-23-20(21-3)22-11-6-13-26-14-10-16-7-4-5-8-17(16)26/h4-5,7-8,10,14-15H,6,9,11-13H2,1-3H3,(H2,21,22,23). The van der Waals surface area contributed by atoms with Gasteiger partial charge in [0.1, 0.15) is 0 Å². The SMILES string of the molecule is CN=C(NCCCn1ccc2ccccc21)NCCc1nc(C(C)C)no1. The van der Waals surface area contributed by atoms with Crippen molar-refractivity contribution in [2.24, 2.45) is 4.99 Å². The molecule has 0 aliphatic rings. The van der Waals surface area contributed by atoms with Gasteiger partial charge in [-0.2, -0.15) is 4.98 Å². The van der Waals surface area contributed by atoms with Crippen molar-refractivity contribution in [3.05, 3.63) is 48.2 Å². The molecule has 27 heavy (non-hydrogen) atoms. The maximum atomic E-state index is 5.25. The normalized spacial score (nSPS) is 12.1. The van der Waals surface area contributed by atoms with Crippen LogP contribution in [-0.4, -0.2) is 40.8 Å². The van der Waals surface area contributed by atoms with E-state index in [1.807, 2.05) is 0 Å². The quantitative estimate of drug-likeness (QED) is 0.363. The molecule has 0 saturated carbocycles. The highest BCUT2D eigenvalue weighted by molar-refractivity contribution is 5.80. The minimum Gasteiger partial charge on any atom is -0.356 e. The van der Waals surface area contributed by atoms with Crippen molar-refractivity contribution >= 4 is 16.9 Å². The van der Waals surface area contributed by atoms with Crippen LogP contribution in [0, 0.1) is 0 Å². The number of fused-ring (bicyclic) bond motifs is 1. The van der Waals surface area contributed by atoms with Crippen LogP contribution in [0.1, 0.15) is 37.9 Å². The summed E-state index contributed by atoms with van der Waals surface area (Å²) in [5, 5.41) is 11.9. The monoisotopic (exact) mass is 368 g/mol. The number of hydrogen-bond donors (Lipinski definition) is 2. The van der Waals surface area contributed by atoms with Gasteiger partial charge in [0.05, 0.1) is 0 Å². The zero-order valence-corrected chi connectivity index (χ0v) is 16.3. The second kappa shape index (κ2) is 9.21. The van der Waals surface area contributed by atoms with E-state index in [9.17, 15) is 0 Å². The molecule has 0 fully saturated rings. The second-order valence-electron chi connectivity index (χ2n) is 6.80. The molecule has 0 aliphatic heterocycles. The van der Waals surface area contributed by atoms with Gasteiger partial charge in [0.25, 0.3) is 0 Å². The Morgan fingerprint density at radius 3 is 2.78 bits per heavy atom. The Kier molecular flexibility index (Phi) is 6.46. The van der Waals surface area contributed by atoms with Gasteiger partial charge in [-0.05, 0) is 23.9 Å². The highest BCUT2D eigenvalue weighted by Crippen LogP contribution is 2.15. The van der Waals surface area contributed by atoms with Crippen LogP contribution in [0.5, 0.6) is 0 Å². The van der Waals surface area contributed by atoms with Crippen molar-refractivity contribution in [3.8, 4) is 0 Å². The van der Waals surface area contributed by atoms with Gasteiger partial charge >= 0.3 is 0 Å². The van der Waals surface area contributed by atoms with Crippen LogP contribution in [0.15, 0.2) is 46.0 Å². The van der Waals surface area contributed by atoms with Crippen LogP contribution in [0.25, 0.3) is 10.9 Å². The average molecular weight is 368 g/mol. The molecule has 0 radical (unpaired) electrons. The van der Waals surface area contributed by atoms with Gasteiger partial charge in [-0.25, -0.2) is 0 Å². The number of hydrogen-bond acceptors (Lipinski definition) is 4. The number of guanidine groups is 1. The molecule has 0 bridgehead atoms. The number of benzene rings is 1. The van der Waals surface area contributed by atoms with Gasteiger partial charge in [-0.3, -0.25) is 4.99 Å². The fourth-order valence-corrected chi connectivity index (χ4v) is 2.90. The lowest BCUT2D eigenvalue weighted by Gasteiger charge is -2.11. The summed E-state index contributed by atoms with van der Waals surface area (Å²) in [7, 11) is 1.78. The number of rotatable bonds is 8. The van der Waals surface area contributed by atoms with Gasteiger partial charge in [0, 0.05) is 50.7 Å². The first-order valence-corrected chi connectivity index (χ1v) is 9.48. The predicted octanol–water partition coefficient (Wildman–Crippen LogP) is 2.95. The summed E-state index contributed by atoms with van der Waals surface area (Å²) in [6.07, 6.45) is 3.84. The van der Waals surface area contributed by atoms with E-state index in [2.05, 4.69) is 80.7 Å². The summed E-state index contributed by atoms with van der Waals surface area (Å²) < 4.78 is 7.54. The predicted molar refractivity (Wildman–Crippen MR) is 108 cm³/mol. The van der Waals surface area contributed by atoms with Gasteiger partial charge in [0.15, 0.2) is 11.8 Å². The first-order chi connectivity index (χ1) is 13.2. The number of aliphatic imine (C=N–C) groups is 1. The summed E-state index contributed by atoms with van der Waals surface area (Å²) in [5.41, 5.74) is 1.28. The van der Waals surface area contributed by atoms with Crippen molar-refractivity contribution < 1.29 is 4.52 Å². The number of nitrogens with one attached hydrogen (secondary N) is 2. The summed E-state index contributed by atoms with van der Waals surface area (Å²) in [6, 6.07) is 10.6. The molecule has 2 N–H and O–H groups in total. The van der Waals surface area contributed by atoms with Crippen molar-refractivity contribution in [3.63, 3.8) is 0 Å². The van der Waals surface area contributed by atoms with Crippen LogP contribution in [0.4, 0.5) is 0 Å². The first kappa shape index (κ1) is 18.9. The minimum atomic E-state index is 0.280. The topological polar surface area (TPSA) is 80.3 Å². The number of aromatic nitrogens is 3. The van der Waals surface area contributed by atoms with E-state index in [1.54, 1.807) is 7.05 Å². The van der Waals surface area contributed by atoms with E-state index in [4.69, 9.17) is 4.52 Å². The molecule has 7 heteroatoms. The van der Waals surface area contributed by atoms with Crippen LogP contribution >= 0.6 is 0 Å².